The molecule has 1 saturated heterocycles. The Balaban J connectivity index is 2.35. The van der Waals surface area contributed by atoms with Gasteiger partial charge in [0.2, 0.25) is 5.75 Å². The lowest BCUT2D eigenvalue weighted by atomic mass is 10.1. The van der Waals surface area contributed by atoms with Gasteiger partial charge in [-0.05, 0) is 18.6 Å². The summed E-state index contributed by atoms with van der Waals surface area (Å²) in [6, 6.07) is 2.66. The summed E-state index contributed by atoms with van der Waals surface area (Å²) in [5.41, 5.74) is 6.05. The minimum absolute atomic E-state index is 0.00601. The van der Waals surface area contributed by atoms with E-state index in [-0.39, 0.29) is 34.8 Å². The van der Waals surface area contributed by atoms with Crippen LogP contribution in [0.3, 0.4) is 0 Å². The molecule has 0 radical (unpaired) electrons. The fourth-order valence-corrected chi connectivity index (χ4v) is 2.36. The van der Waals surface area contributed by atoms with Gasteiger partial charge in [0.15, 0.2) is 11.5 Å². The molecule has 1 aliphatic heterocycles. The number of carbonyl (C=O) groups excluding carboxylic acids is 1. The Morgan fingerprint density at radius 1 is 1.32 bits per heavy atom. The number of rotatable bonds is 5. The lowest BCUT2D eigenvalue weighted by Gasteiger charge is -2.19. The third-order valence-electron chi connectivity index (χ3n) is 3.43. The first-order valence-electron chi connectivity index (χ1n) is 6.72. The quantitative estimate of drug-likeness (QED) is 0.890. The molecular weight excluding hydrogens is 298 g/mol. The molecule has 2 N–H and O–H groups in total. The zero-order valence-electron chi connectivity index (χ0n) is 12.3. The van der Waals surface area contributed by atoms with Gasteiger partial charge < -0.3 is 24.8 Å². The van der Waals surface area contributed by atoms with Crippen molar-refractivity contribution < 1.29 is 27.8 Å². The molecule has 122 valence electrons. The van der Waals surface area contributed by atoms with Crippen LogP contribution in [0.5, 0.6) is 17.2 Å². The Hall–Kier alpha value is -2.09. The van der Waals surface area contributed by atoms with Crippen LogP contribution in [-0.4, -0.2) is 50.8 Å². The van der Waals surface area contributed by atoms with Crippen LogP contribution in [0.15, 0.2) is 12.1 Å². The highest BCUT2D eigenvalue weighted by atomic mass is 19.3. The molecule has 0 spiro atoms. The van der Waals surface area contributed by atoms with E-state index in [2.05, 4.69) is 4.74 Å². The second kappa shape index (κ2) is 6.78. The normalized spacial score (nSPS) is 17.7. The SMILES string of the molecule is COc1cc(C(=O)N2CC[C@@H](N)C2)cc(OC)c1OC(F)F. The van der Waals surface area contributed by atoms with Crippen molar-refractivity contribution in [3.05, 3.63) is 17.7 Å². The molecule has 2 rings (SSSR count). The first kappa shape index (κ1) is 16.3. The molecule has 0 aromatic heterocycles. The number of benzene rings is 1. The maximum atomic E-state index is 12.5. The topological polar surface area (TPSA) is 74.0 Å². The van der Waals surface area contributed by atoms with Crippen LogP contribution in [0.2, 0.25) is 0 Å². The number of hydrogen-bond acceptors (Lipinski definition) is 5. The third kappa shape index (κ3) is 3.38. The Morgan fingerprint density at radius 3 is 2.32 bits per heavy atom. The summed E-state index contributed by atoms with van der Waals surface area (Å²) < 4.78 is 39.4. The molecule has 1 fully saturated rings. The molecule has 1 atom stereocenters. The summed E-state index contributed by atoms with van der Waals surface area (Å²) in [5.74, 6) is -0.485. The molecular formula is C14H18F2N2O4. The average molecular weight is 316 g/mol. The monoisotopic (exact) mass is 316 g/mol. The van der Waals surface area contributed by atoms with Crippen molar-refractivity contribution in [2.75, 3.05) is 27.3 Å². The van der Waals surface area contributed by atoms with Crippen molar-refractivity contribution in [1.29, 1.82) is 0 Å². The first-order valence-corrected chi connectivity index (χ1v) is 6.72. The van der Waals surface area contributed by atoms with E-state index in [0.29, 0.717) is 13.1 Å². The van der Waals surface area contributed by atoms with Crippen molar-refractivity contribution in [2.24, 2.45) is 5.73 Å². The summed E-state index contributed by atoms with van der Waals surface area (Å²) in [7, 11) is 2.60. The summed E-state index contributed by atoms with van der Waals surface area (Å²) in [6.45, 7) is -2.01. The molecule has 1 aliphatic rings. The van der Waals surface area contributed by atoms with E-state index in [0.717, 1.165) is 6.42 Å². The van der Waals surface area contributed by atoms with E-state index in [1.54, 1.807) is 4.90 Å². The lowest BCUT2D eigenvalue weighted by molar-refractivity contribution is -0.0526. The second-order valence-corrected chi connectivity index (χ2v) is 4.89. The van der Waals surface area contributed by atoms with E-state index >= 15 is 0 Å². The molecule has 1 aromatic rings. The largest absolute Gasteiger partial charge is 0.493 e. The van der Waals surface area contributed by atoms with Crippen molar-refractivity contribution in [3.63, 3.8) is 0 Å². The zero-order valence-corrected chi connectivity index (χ0v) is 12.3. The maximum absolute atomic E-state index is 12.5. The number of likely N-dealkylation sites (tertiary alicyclic amines) is 1. The molecule has 0 unspecified atom stereocenters. The standard InChI is InChI=1S/C14H18F2N2O4/c1-20-10-5-8(13(19)18-4-3-9(17)7-18)6-11(21-2)12(10)22-14(15)16/h5-6,9,14H,3-4,7,17H2,1-2H3/t9-/m1/s1. The first-order chi connectivity index (χ1) is 10.5. The molecule has 1 aromatic carbocycles. The van der Waals surface area contributed by atoms with Crippen LogP contribution in [0.1, 0.15) is 16.8 Å². The second-order valence-electron chi connectivity index (χ2n) is 4.89. The Bertz CT molecular complexity index is 529. The van der Waals surface area contributed by atoms with E-state index in [1.165, 1.54) is 26.4 Å². The van der Waals surface area contributed by atoms with Gasteiger partial charge in [-0.3, -0.25) is 4.79 Å². The minimum atomic E-state index is -3.03. The summed E-state index contributed by atoms with van der Waals surface area (Å²) >= 11 is 0. The van der Waals surface area contributed by atoms with Gasteiger partial charge in [-0.25, -0.2) is 0 Å². The van der Waals surface area contributed by atoms with Gasteiger partial charge in [0, 0.05) is 24.7 Å². The van der Waals surface area contributed by atoms with Gasteiger partial charge in [0.1, 0.15) is 0 Å². The van der Waals surface area contributed by atoms with Gasteiger partial charge in [-0.2, -0.15) is 8.78 Å². The predicted molar refractivity (Wildman–Crippen MR) is 74.7 cm³/mol. The summed E-state index contributed by atoms with van der Waals surface area (Å²) in [5, 5.41) is 0. The molecule has 6 nitrogen and oxygen atoms in total. The third-order valence-corrected chi connectivity index (χ3v) is 3.43. The van der Waals surface area contributed by atoms with Crippen LogP contribution < -0.4 is 19.9 Å². The van der Waals surface area contributed by atoms with Gasteiger partial charge in [0.05, 0.1) is 14.2 Å². The van der Waals surface area contributed by atoms with Crippen LogP contribution in [-0.2, 0) is 0 Å². The fraction of sp³-hybridized carbons (Fsp3) is 0.500. The van der Waals surface area contributed by atoms with Crippen molar-refractivity contribution in [1.82, 2.24) is 4.90 Å². The van der Waals surface area contributed by atoms with Gasteiger partial charge in [-0.15, -0.1) is 0 Å². The number of hydrogen-bond donors (Lipinski definition) is 1. The molecule has 0 aliphatic carbocycles. The van der Waals surface area contributed by atoms with Crippen molar-refractivity contribution >= 4 is 5.91 Å². The van der Waals surface area contributed by atoms with Gasteiger partial charge >= 0.3 is 6.61 Å². The number of alkyl halides is 2. The predicted octanol–water partition coefficient (Wildman–Crippen LogP) is 1.48. The fourth-order valence-electron chi connectivity index (χ4n) is 2.36. The number of ether oxygens (including phenoxy) is 3. The van der Waals surface area contributed by atoms with Crippen molar-refractivity contribution in [2.45, 2.75) is 19.1 Å². The lowest BCUT2D eigenvalue weighted by Crippen LogP contribution is -2.31. The van der Waals surface area contributed by atoms with Gasteiger partial charge in [0.25, 0.3) is 5.91 Å². The number of amides is 1. The highest BCUT2D eigenvalue weighted by Gasteiger charge is 2.27. The Labute approximate surface area is 126 Å². The van der Waals surface area contributed by atoms with E-state index in [1.807, 2.05) is 0 Å². The zero-order chi connectivity index (χ0) is 16.3. The Kier molecular flexibility index (Phi) is 5.02. The van der Waals surface area contributed by atoms with E-state index < -0.39 is 6.61 Å². The molecule has 1 amide bonds. The summed E-state index contributed by atoms with van der Waals surface area (Å²) in [6.07, 6.45) is 0.729. The van der Waals surface area contributed by atoms with E-state index in [9.17, 15) is 13.6 Å². The van der Waals surface area contributed by atoms with Gasteiger partial charge in [-0.1, -0.05) is 0 Å². The van der Waals surface area contributed by atoms with Crippen LogP contribution >= 0.6 is 0 Å². The number of carbonyl (C=O) groups is 1. The highest BCUT2D eigenvalue weighted by molar-refractivity contribution is 5.95. The molecule has 1 heterocycles. The summed E-state index contributed by atoms with van der Waals surface area (Å²) in [4.78, 5) is 14.0. The number of methoxy groups -OCH3 is 2. The molecule has 0 saturated carbocycles. The van der Waals surface area contributed by atoms with Crippen molar-refractivity contribution in [3.8, 4) is 17.2 Å². The van der Waals surface area contributed by atoms with Crippen LogP contribution in [0.25, 0.3) is 0 Å². The average Bonchev–Trinajstić information content (AvgIpc) is 2.92. The number of halogens is 2. The molecule has 8 heteroatoms. The van der Waals surface area contributed by atoms with E-state index in [4.69, 9.17) is 15.2 Å². The number of nitrogens with zero attached hydrogens (tertiary/aromatic N) is 1. The number of nitrogens with two attached hydrogens (primary N) is 1. The molecule has 0 bridgehead atoms. The Morgan fingerprint density at radius 2 is 1.91 bits per heavy atom. The highest BCUT2D eigenvalue weighted by Crippen LogP contribution is 2.39. The van der Waals surface area contributed by atoms with Crippen LogP contribution in [0, 0.1) is 0 Å². The molecule has 22 heavy (non-hydrogen) atoms. The minimum Gasteiger partial charge on any atom is -0.493 e. The maximum Gasteiger partial charge on any atom is 0.387 e. The smallest absolute Gasteiger partial charge is 0.387 e. The van der Waals surface area contributed by atoms with Crippen LogP contribution in [0.4, 0.5) is 8.78 Å².